The molecule has 0 amide bonds. The van der Waals surface area contributed by atoms with E-state index in [1.54, 1.807) is 13.0 Å². The van der Waals surface area contributed by atoms with Crippen LogP contribution in [0.4, 0.5) is 11.4 Å². The molecule has 1 spiro atoms. The van der Waals surface area contributed by atoms with Gasteiger partial charge < -0.3 is 14.6 Å². The van der Waals surface area contributed by atoms with Crippen molar-refractivity contribution in [2.24, 2.45) is 16.7 Å². The maximum Gasteiger partial charge on any atom is 0.338 e. The highest BCUT2D eigenvalue weighted by Crippen LogP contribution is 2.64. The summed E-state index contributed by atoms with van der Waals surface area (Å²) in [5.41, 5.74) is -1.44. The molecule has 1 unspecified atom stereocenters. The molecular weight excluding hydrogens is 528 g/mol. The molecule has 3 aliphatic carbocycles. The summed E-state index contributed by atoms with van der Waals surface area (Å²) < 4.78 is 11.3. The van der Waals surface area contributed by atoms with Crippen molar-refractivity contribution in [3.05, 3.63) is 66.8 Å². The van der Waals surface area contributed by atoms with Gasteiger partial charge in [0.15, 0.2) is 5.78 Å². The lowest BCUT2D eigenvalue weighted by molar-refractivity contribution is -0.394. The van der Waals surface area contributed by atoms with E-state index in [1.165, 1.54) is 0 Å². The first-order chi connectivity index (χ1) is 18.7. The first-order valence-electron chi connectivity index (χ1n) is 12.7. The molecule has 1 saturated carbocycles. The Morgan fingerprint density at radius 2 is 1.68 bits per heavy atom. The van der Waals surface area contributed by atoms with Crippen LogP contribution >= 0.6 is 0 Å². The molecular formula is C27H28N2O11. The van der Waals surface area contributed by atoms with Crippen molar-refractivity contribution in [2.75, 3.05) is 6.61 Å². The molecule has 4 rings (SSSR count). The topological polar surface area (TPSA) is 193 Å². The van der Waals surface area contributed by atoms with Crippen LogP contribution in [0.25, 0.3) is 0 Å². The minimum absolute atomic E-state index is 0.0520. The number of nitro groups is 2. The highest BCUT2D eigenvalue weighted by Gasteiger charge is 2.60. The van der Waals surface area contributed by atoms with Crippen LogP contribution in [0.15, 0.2) is 41.0 Å². The van der Waals surface area contributed by atoms with Crippen LogP contribution in [0.2, 0.25) is 0 Å². The number of nitrogens with zero attached hydrogens (tertiary/aromatic N) is 2. The Morgan fingerprint density at radius 1 is 1.07 bits per heavy atom. The van der Waals surface area contributed by atoms with E-state index in [0.29, 0.717) is 11.1 Å². The normalized spacial score (nSPS) is 24.3. The van der Waals surface area contributed by atoms with Crippen molar-refractivity contribution < 1.29 is 43.6 Å². The van der Waals surface area contributed by atoms with Gasteiger partial charge in [-0.2, -0.15) is 0 Å². The van der Waals surface area contributed by atoms with Gasteiger partial charge in [-0.05, 0) is 33.1 Å². The molecule has 1 fully saturated rings. The summed E-state index contributed by atoms with van der Waals surface area (Å²) in [4.78, 5) is 70.6. The van der Waals surface area contributed by atoms with Crippen LogP contribution in [-0.2, 0) is 23.9 Å². The number of benzene rings is 1. The number of carbonyl (C=O) groups excluding carboxylic acids is 3. The van der Waals surface area contributed by atoms with Crippen molar-refractivity contribution in [3.63, 3.8) is 0 Å². The number of nitro benzene ring substituents is 2. The maximum absolute atomic E-state index is 13.4. The summed E-state index contributed by atoms with van der Waals surface area (Å²) >= 11 is 0. The molecule has 1 aromatic rings. The summed E-state index contributed by atoms with van der Waals surface area (Å²) in [7, 11) is 0. The second-order valence-corrected chi connectivity index (χ2v) is 10.8. The monoisotopic (exact) mass is 556 g/mol. The second-order valence-electron chi connectivity index (χ2n) is 10.8. The minimum Gasteiger partial charge on any atom is -0.481 e. The number of carbonyl (C=O) groups is 4. The van der Waals surface area contributed by atoms with Crippen LogP contribution in [0.1, 0.15) is 63.2 Å². The maximum atomic E-state index is 13.4. The van der Waals surface area contributed by atoms with Crippen LogP contribution in [0.5, 0.6) is 0 Å². The number of carboxylic acid groups (broad SMARTS) is 1. The first kappa shape index (κ1) is 28.6. The van der Waals surface area contributed by atoms with Crippen LogP contribution in [-0.4, -0.2) is 51.4 Å². The Bertz CT molecular complexity index is 1370. The van der Waals surface area contributed by atoms with Gasteiger partial charge in [0.25, 0.3) is 11.4 Å². The van der Waals surface area contributed by atoms with Gasteiger partial charge in [-0.15, -0.1) is 0 Å². The zero-order valence-electron chi connectivity index (χ0n) is 22.1. The Balaban J connectivity index is 1.64. The predicted molar refractivity (Wildman–Crippen MR) is 136 cm³/mol. The Morgan fingerprint density at radius 3 is 2.20 bits per heavy atom. The molecule has 1 aromatic carbocycles. The summed E-state index contributed by atoms with van der Waals surface area (Å²) in [6, 6.07) is 2.44. The fourth-order valence-electron chi connectivity index (χ4n) is 5.69. The number of ether oxygens (including phenoxy) is 2. The molecule has 0 heterocycles. The fourth-order valence-corrected chi connectivity index (χ4v) is 5.69. The molecule has 3 atom stereocenters. The zero-order chi connectivity index (χ0) is 29.6. The van der Waals surface area contributed by atoms with Crippen molar-refractivity contribution in [1.82, 2.24) is 0 Å². The third-order valence-corrected chi connectivity index (χ3v) is 8.15. The molecule has 0 bridgehead atoms. The smallest absolute Gasteiger partial charge is 0.338 e. The molecule has 0 aliphatic heterocycles. The van der Waals surface area contributed by atoms with E-state index in [9.17, 15) is 39.4 Å². The SMILES string of the molecule is CC1=C2C(=C[C@@](C)(COC(=O)c3cc([N+](=O)[O-])cc([N+](=O)[O-])c3)C2OC(=O)CCCC(=O)O)C(=O)[C@@H](C)C12CC2. The van der Waals surface area contributed by atoms with Crippen molar-refractivity contribution in [2.45, 2.75) is 59.0 Å². The lowest BCUT2D eigenvalue weighted by Gasteiger charge is -2.36. The van der Waals surface area contributed by atoms with E-state index in [2.05, 4.69) is 0 Å². The number of allylic oxidation sites excluding steroid dienone is 1. The van der Waals surface area contributed by atoms with Gasteiger partial charge in [-0.1, -0.05) is 18.6 Å². The molecule has 40 heavy (non-hydrogen) atoms. The number of rotatable bonds is 10. The van der Waals surface area contributed by atoms with Crippen molar-refractivity contribution in [3.8, 4) is 0 Å². The summed E-state index contributed by atoms with van der Waals surface area (Å²) in [6.07, 6.45) is 1.86. The van der Waals surface area contributed by atoms with Gasteiger partial charge in [0, 0.05) is 47.5 Å². The number of esters is 2. The Labute approximate surface area is 228 Å². The number of ketones is 1. The highest BCUT2D eigenvalue weighted by atomic mass is 16.6. The van der Waals surface area contributed by atoms with E-state index in [1.807, 2.05) is 13.8 Å². The first-order valence-corrected chi connectivity index (χ1v) is 12.7. The predicted octanol–water partition coefficient (Wildman–Crippen LogP) is 4.09. The third-order valence-electron chi connectivity index (χ3n) is 8.15. The number of fused-ring (bicyclic) bond motifs is 1. The second kappa shape index (κ2) is 10.3. The fraction of sp³-hybridized carbons (Fsp3) is 0.481. The van der Waals surface area contributed by atoms with Crippen LogP contribution in [0.3, 0.4) is 0 Å². The molecule has 1 N–H and O–H groups in total. The largest absolute Gasteiger partial charge is 0.481 e. The number of carboxylic acids is 1. The molecule has 3 aliphatic rings. The van der Waals surface area contributed by atoms with Crippen LogP contribution in [0, 0.1) is 37.0 Å². The van der Waals surface area contributed by atoms with Gasteiger partial charge >= 0.3 is 17.9 Å². The molecule has 13 nitrogen and oxygen atoms in total. The van der Waals surface area contributed by atoms with Gasteiger partial charge in [0.1, 0.15) is 12.7 Å². The Kier molecular flexibility index (Phi) is 7.35. The van der Waals surface area contributed by atoms with Gasteiger partial charge in [-0.3, -0.25) is 34.6 Å². The number of hydrogen-bond acceptors (Lipinski definition) is 10. The highest BCUT2D eigenvalue weighted by molar-refractivity contribution is 6.05. The van der Waals surface area contributed by atoms with Gasteiger partial charge in [-0.25, -0.2) is 4.79 Å². The van der Waals surface area contributed by atoms with E-state index in [-0.39, 0.29) is 36.4 Å². The number of non-ortho nitro benzene ring substituents is 2. The number of hydrogen-bond donors (Lipinski definition) is 1. The molecule has 0 saturated heterocycles. The van der Waals surface area contributed by atoms with Gasteiger partial charge in [0.05, 0.1) is 26.9 Å². The summed E-state index contributed by atoms with van der Waals surface area (Å²) in [5, 5.41) is 31.3. The summed E-state index contributed by atoms with van der Waals surface area (Å²) in [6.45, 7) is 4.97. The van der Waals surface area contributed by atoms with Crippen LogP contribution < -0.4 is 0 Å². The quantitative estimate of drug-likeness (QED) is 0.248. The lowest BCUT2D eigenvalue weighted by Crippen LogP contribution is -2.40. The molecule has 0 radical (unpaired) electrons. The van der Waals surface area contributed by atoms with Crippen molar-refractivity contribution >= 4 is 35.1 Å². The van der Waals surface area contributed by atoms with E-state index >= 15 is 0 Å². The van der Waals surface area contributed by atoms with Crippen molar-refractivity contribution in [1.29, 1.82) is 0 Å². The zero-order valence-corrected chi connectivity index (χ0v) is 22.1. The molecule has 212 valence electrons. The Hall–Kier alpha value is -4.42. The number of aliphatic carboxylic acids is 1. The molecule has 0 aromatic heterocycles. The lowest BCUT2D eigenvalue weighted by atomic mass is 9.70. The summed E-state index contributed by atoms with van der Waals surface area (Å²) in [5.74, 6) is -3.21. The number of Topliss-reactive ketones (excluding diaryl/α,β-unsaturated/α-hetero) is 1. The third kappa shape index (κ3) is 5.10. The minimum atomic E-state index is -1.22. The van der Waals surface area contributed by atoms with E-state index in [0.717, 1.165) is 36.6 Å². The average Bonchev–Trinajstić information content (AvgIpc) is 3.65. The molecule has 13 heteroatoms. The average molecular weight is 557 g/mol. The van der Waals surface area contributed by atoms with E-state index in [4.69, 9.17) is 14.6 Å². The van der Waals surface area contributed by atoms with Gasteiger partial charge in [0.2, 0.25) is 0 Å². The van der Waals surface area contributed by atoms with E-state index < -0.39 is 62.8 Å². The standard InChI is InChI=1S/C27H28N2O11/c1-14-22-19(23(33)15(2)27(14)7-8-27)12-26(3,24(22)40-21(32)6-4-5-20(30)31)13-39-25(34)16-9-17(28(35)36)11-18(10-16)29(37)38/h9-12,15,24H,4-8,13H2,1-3H3,(H,30,31)/t15-,24?,26+/m1/s1.